The van der Waals surface area contributed by atoms with Crippen LogP contribution in [0.2, 0.25) is 0 Å². The van der Waals surface area contributed by atoms with Crippen LogP contribution >= 0.6 is 32.9 Å². The van der Waals surface area contributed by atoms with E-state index in [4.69, 9.17) is 15.6 Å². The van der Waals surface area contributed by atoms with Crippen LogP contribution in [0.15, 0.2) is 15.5 Å². The van der Waals surface area contributed by atoms with Gasteiger partial charge in [0, 0.05) is 6.20 Å². The van der Waals surface area contributed by atoms with Crippen molar-refractivity contribution in [2.75, 3.05) is 12.3 Å². The number of nitrogens with two attached hydrogens (primary N) is 1. The van der Waals surface area contributed by atoms with E-state index in [-0.39, 0.29) is 22.8 Å². The van der Waals surface area contributed by atoms with Crippen LogP contribution < -0.4 is 11.4 Å². The van der Waals surface area contributed by atoms with Crippen molar-refractivity contribution in [3.05, 3.63) is 21.2 Å². The number of halogens is 2. The molecular weight excluding hydrogens is 390 g/mol. The number of rotatable bonds is 2. The highest BCUT2D eigenvalue weighted by Gasteiger charge is 2.43. The Hall–Kier alpha value is -0.520. The standard InChI is InChI=1S/C9H12BrN3O5.BrH/c10-3-1-13(9(17)12-7(3)11)8-6(16)5(15)4(2-14)18-8;/h1,4-6,8,14-16H,2H2,(H2,11,12,17);1H/t4-,5-,6-,8-;/m1./s1. The van der Waals surface area contributed by atoms with Crippen molar-refractivity contribution in [2.45, 2.75) is 24.5 Å². The van der Waals surface area contributed by atoms with Gasteiger partial charge in [-0.25, -0.2) is 4.79 Å². The third-order valence-electron chi connectivity index (χ3n) is 2.73. The van der Waals surface area contributed by atoms with Gasteiger partial charge in [0.25, 0.3) is 0 Å². The highest BCUT2D eigenvalue weighted by atomic mass is 79.9. The van der Waals surface area contributed by atoms with E-state index in [1.54, 1.807) is 0 Å². The van der Waals surface area contributed by atoms with Crippen LogP contribution in [0, 0.1) is 0 Å². The van der Waals surface area contributed by atoms with Crippen LogP contribution in [0.3, 0.4) is 0 Å². The number of aliphatic hydroxyl groups is 3. The molecule has 108 valence electrons. The maximum atomic E-state index is 11.6. The van der Waals surface area contributed by atoms with E-state index < -0.39 is 36.8 Å². The number of aromatic nitrogens is 2. The van der Waals surface area contributed by atoms with E-state index in [2.05, 4.69) is 20.9 Å². The molecule has 0 aliphatic carbocycles. The van der Waals surface area contributed by atoms with Gasteiger partial charge in [0.05, 0.1) is 11.1 Å². The fourth-order valence-electron chi connectivity index (χ4n) is 1.75. The quantitative estimate of drug-likeness (QED) is 0.487. The minimum atomic E-state index is -1.34. The Morgan fingerprint density at radius 3 is 2.63 bits per heavy atom. The zero-order valence-corrected chi connectivity index (χ0v) is 12.8. The van der Waals surface area contributed by atoms with Gasteiger partial charge in [0.2, 0.25) is 0 Å². The molecule has 4 atom stereocenters. The third-order valence-corrected chi connectivity index (χ3v) is 3.34. The number of nitrogen functional groups attached to an aromatic ring is 1. The molecule has 0 spiro atoms. The fraction of sp³-hybridized carbons (Fsp3) is 0.556. The van der Waals surface area contributed by atoms with Gasteiger partial charge < -0.3 is 25.8 Å². The lowest BCUT2D eigenvalue weighted by Crippen LogP contribution is -2.36. The molecule has 1 saturated heterocycles. The van der Waals surface area contributed by atoms with Gasteiger partial charge in [0.15, 0.2) is 6.23 Å². The van der Waals surface area contributed by atoms with E-state index >= 15 is 0 Å². The Kier molecular flexibility index (Phi) is 5.47. The van der Waals surface area contributed by atoms with Crippen LogP contribution in [0.5, 0.6) is 0 Å². The minimum absolute atomic E-state index is 0. The molecule has 2 heterocycles. The molecule has 1 aliphatic rings. The maximum Gasteiger partial charge on any atom is 0.351 e. The van der Waals surface area contributed by atoms with Gasteiger partial charge >= 0.3 is 5.69 Å². The zero-order valence-electron chi connectivity index (χ0n) is 9.51. The van der Waals surface area contributed by atoms with E-state index in [1.807, 2.05) is 0 Å². The summed E-state index contributed by atoms with van der Waals surface area (Å²) in [5, 5.41) is 28.3. The molecule has 10 heteroatoms. The molecule has 1 aliphatic heterocycles. The SMILES string of the molecule is Br.Nc1nc(=O)n([C@@H]2O[C@H](CO)[C@@H](O)[C@H]2O)cc1Br. The molecule has 1 aromatic rings. The summed E-state index contributed by atoms with van der Waals surface area (Å²) >= 11 is 3.10. The van der Waals surface area contributed by atoms with Gasteiger partial charge in [-0.1, -0.05) is 0 Å². The average Bonchev–Trinajstić information content (AvgIpc) is 2.61. The topological polar surface area (TPSA) is 131 Å². The van der Waals surface area contributed by atoms with Crippen LogP contribution in [-0.4, -0.2) is 49.8 Å². The molecule has 19 heavy (non-hydrogen) atoms. The number of ether oxygens (including phenoxy) is 1. The van der Waals surface area contributed by atoms with Crippen LogP contribution in [0.25, 0.3) is 0 Å². The molecule has 0 unspecified atom stereocenters. The predicted molar refractivity (Wildman–Crippen MR) is 73.9 cm³/mol. The fourth-order valence-corrected chi connectivity index (χ4v) is 2.06. The van der Waals surface area contributed by atoms with Crippen molar-refractivity contribution in [1.29, 1.82) is 0 Å². The summed E-state index contributed by atoms with van der Waals surface area (Å²) < 4.78 is 6.57. The van der Waals surface area contributed by atoms with Crippen LogP contribution in [0.4, 0.5) is 5.82 Å². The lowest BCUT2D eigenvalue weighted by Gasteiger charge is -2.17. The lowest BCUT2D eigenvalue weighted by atomic mass is 10.1. The third kappa shape index (κ3) is 2.98. The second-order valence-corrected chi connectivity index (χ2v) is 4.75. The molecule has 1 aromatic heterocycles. The second kappa shape index (κ2) is 6.29. The van der Waals surface area contributed by atoms with Gasteiger partial charge in [-0.15, -0.1) is 17.0 Å². The van der Waals surface area contributed by atoms with Crippen molar-refractivity contribution in [3.63, 3.8) is 0 Å². The first-order valence-electron chi connectivity index (χ1n) is 5.12. The van der Waals surface area contributed by atoms with E-state index in [9.17, 15) is 15.0 Å². The van der Waals surface area contributed by atoms with Crippen molar-refractivity contribution in [1.82, 2.24) is 9.55 Å². The largest absolute Gasteiger partial charge is 0.394 e. The normalized spacial score (nSPS) is 30.1. The molecule has 0 saturated carbocycles. The second-order valence-electron chi connectivity index (χ2n) is 3.89. The van der Waals surface area contributed by atoms with Crippen LogP contribution in [-0.2, 0) is 4.74 Å². The molecule has 0 radical (unpaired) electrons. The highest BCUT2D eigenvalue weighted by Crippen LogP contribution is 2.29. The maximum absolute atomic E-state index is 11.6. The molecule has 1 fully saturated rings. The van der Waals surface area contributed by atoms with Crippen molar-refractivity contribution in [2.24, 2.45) is 0 Å². The Morgan fingerprint density at radius 2 is 2.11 bits per heavy atom. The molecule has 0 aromatic carbocycles. The smallest absolute Gasteiger partial charge is 0.351 e. The molecular formula is C9H13Br2N3O5. The number of hydrogen-bond donors (Lipinski definition) is 4. The number of hydrogen-bond acceptors (Lipinski definition) is 7. The van der Waals surface area contributed by atoms with Crippen molar-refractivity contribution >= 4 is 38.7 Å². The number of nitrogens with zero attached hydrogens (tertiary/aromatic N) is 2. The Morgan fingerprint density at radius 1 is 1.47 bits per heavy atom. The van der Waals surface area contributed by atoms with E-state index in [0.717, 1.165) is 4.57 Å². The molecule has 0 bridgehead atoms. The summed E-state index contributed by atoms with van der Waals surface area (Å²) in [4.78, 5) is 15.2. The van der Waals surface area contributed by atoms with Crippen LogP contribution in [0.1, 0.15) is 6.23 Å². The molecule has 8 nitrogen and oxygen atoms in total. The summed E-state index contributed by atoms with van der Waals surface area (Å²) in [5.41, 5.74) is 4.72. The first-order valence-corrected chi connectivity index (χ1v) is 5.91. The van der Waals surface area contributed by atoms with Gasteiger partial charge in [-0.2, -0.15) is 4.98 Å². The highest BCUT2D eigenvalue weighted by molar-refractivity contribution is 9.10. The average molecular weight is 403 g/mol. The molecule has 2 rings (SSSR count). The lowest BCUT2D eigenvalue weighted by molar-refractivity contribution is -0.0550. The molecule has 5 N–H and O–H groups in total. The Balaban J connectivity index is 0.00000180. The summed E-state index contributed by atoms with van der Waals surface area (Å²) in [5.74, 6) is 0.0167. The molecule has 0 amide bonds. The first-order chi connectivity index (χ1) is 8.45. The van der Waals surface area contributed by atoms with Crippen molar-refractivity contribution in [3.8, 4) is 0 Å². The zero-order chi connectivity index (χ0) is 13.4. The summed E-state index contributed by atoms with van der Waals surface area (Å²) in [6.07, 6.45) is -3.37. The summed E-state index contributed by atoms with van der Waals surface area (Å²) in [6.45, 7) is -0.465. The Bertz CT molecular complexity index is 511. The summed E-state index contributed by atoms with van der Waals surface area (Å²) in [6, 6.07) is 0. The summed E-state index contributed by atoms with van der Waals surface area (Å²) in [7, 11) is 0. The first kappa shape index (κ1) is 16.5. The van der Waals surface area contributed by atoms with E-state index in [0.29, 0.717) is 4.47 Å². The number of aliphatic hydroxyl groups excluding tert-OH is 3. The number of anilines is 1. The van der Waals surface area contributed by atoms with Gasteiger partial charge in [-0.3, -0.25) is 4.57 Å². The monoisotopic (exact) mass is 401 g/mol. The van der Waals surface area contributed by atoms with Gasteiger partial charge in [-0.05, 0) is 15.9 Å². The van der Waals surface area contributed by atoms with Gasteiger partial charge in [0.1, 0.15) is 24.1 Å². The van der Waals surface area contributed by atoms with E-state index in [1.165, 1.54) is 6.20 Å². The predicted octanol–water partition coefficient (Wildman–Crippen LogP) is -1.22. The minimum Gasteiger partial charge on any atom is -0.394 e. The Labute approximate surface area is 126 Å². The van der Waals surface area contributed by atoms with Crippen molar-refractivity contribution < 1.29 is 20.1 Å².